The second kappa shape index (κ2) is 9.20. The van der Waals surface area contributed by atoms with E-state index < -0.39 is 17.8 Å². The summed E-state index contributed by atoms with van der Waals surface area (Å²) in [5, 5.41) is 9.05. The lowest BCUT2D eigenvalue weighted by Gasteiger charge is -2.28. The number of hydrogen-bond acceptors (Lipinski definition) is 9. The number of benzene rings is 1. The summed E-state index contributed by atoms with van der Waals surface area (Å²) >= 11 is 2.71. The normalized spacial score (nSPS) is 14.8. The molecule has 0 bridgehead atoms. The van der Waals surface area contributed by atoms with Gasteiger partial charge in [0.15, 0.2) is 0 Å². The van der Waals surface area contributed by atoms with Crippen molar-refractivity contribution in [1.29, 1.82) is 0 Å². The van der Waals surface area contributed by atoms with Crippen molar-refractivity contribution in [3.63, 3.8) is 0 Å². The predicted octanol–water partition coefficient (Wildman–Crippen LogP) is 5.05. The van der Waals surface area contributed by atoms with Gasteiger partial charge >= 0.3 is 6.03 Å². The molecule has 0 radical (unpaired) electrons. The average molecular weight is 483 g/mol. The van der Waals surface area contributed by atoms with Gasteiger partial charge in [0.05, 0.1) is 10.4 Å². The molecule has 0 aliphatic carbocycles. The molecule has 1 aliphatic heterocycles. The Morgan fingerprint density at radius 3 is 2.18 bits per heavy atom. The van der Waals surface area contributed by atoms with E-state index in [2.05, 4.69) is 34.0 Å². The fourth-order valence-electron chi connectivity index (χ4n) is 3.39. The molecule has 4 amide bonds. The molecule has 0 unspecified atom stereocenters. The summed E-state index contributed by atoms with van der Waals surface area (Å²) in [6.45, 7) is 6.13. The maximum Gasteiger partial charge on any atom is 0.333 e. The lowest BCUT2D eigenvalue weighted by Crippen LogP contribution is -2.52. The maximum absolute atomic E-state index is 12.4. The summed E-state index contributed by atoms with van der Waals surface area (Å²) in [5.41, 5.74) is 1.83. The second-order valence-corrected chi connectivity index (χ2v) is 9.34. The van der Waals surface area contributed by atoms with Gasteiger partial charge in [-0.25, -0.2) is 9.78 Å². The first-order valence-electron chi connectivity index (χ1n) is 10.3. The summed E-state index contributed by atoms with van der Waals surface area (Å²) in [4.78, 5) is 46.6. The number of azo groups is 1. The summed E-state index contributed by atoms with van der Waals surface area (Å²) in [7, 11) is 2.70. The van der Waals surface area contributed by atoms with Crippen LogP contribution in [0, 0.1) is 0 Å². The topological polar surface area (TPSA) is 98.5 Å². The number of carbonyl (C=O) groups is 3. The summed E-state index contributed by atoms with van der Waals surface area (Å²) in [5.74, 6) is -1.23. The molecule has 3 heterocycles. The molecule has 4 rings (SSSR count). The Morgan fingerprint density at radius 2 is 1.61 bits per heavy atom. The Balaban J connectivity index is 1.52. The first kappa shape index (κ1) is 22.7. The number of thiazole rings is 1. The molecule has 0 N–H and O–H groups in total. The summed E-state index contributed by atoms with van der Waals surface area (Å²) in [6, 6.07) is 9.10. The van der Waals surface area contributed by atoms with Gasteiger partial charge in [-0.1, -0.05) is 11.3 Å². The highest BCUT2D eigenvalue weighted by Crippen LogP contribution is 2.36. The number of aromatic nitrogens is 1. The van der Waals surface area contributed by atoms with E-state index in [1.54, 1.807) is 0 Å². The molecule has 3 aromatic rings. The van der Waals surface area contributed by atoms with Gasteiger partial charge < -0.3 is 4.90 Å². The number of urea groups is 1. The Morgan fingerprint density at radius 1 is 0.970 bits per heavy atom. The Hall–Kier alpha value is -3.44. The Kier molecular flexibility index (Phi) is 6.34. The molecule has 170 valence electrons. The highest BCUT2D eigenvalue weighted by molar-refractivity contribution is 7.29. The van der Waals surface area contributed by atoms with Crippen molar-refractivity contribution in [2.75, 3.05) is 32.1 Å². The van der Waals surface area contributed by atoms with Gasteiger partial charge in [0.25, 0.3) is 11.8 Å². The van der Waals surface area contributed by atoms with Crippen LogP contribution in [-0.2, 0) is 9.59 Å². The number of thiophene rings is 1. The zero-order valence-electron chi connectivity index (χ0n) is 18.6. The average Bonchev–Trinajstić information content (AvgIpc) is 3.38. The van der Waals surface area contributed by atoms with Crippen LogP contribution in [0.25, 0.3) is 15.6 Å². The van der Waals surface area contributed by atoms with E-state index in [0.29, 0.717) is 10.0 Å². The predicted molar refractivity (Wildman–Crippen MR) is 131 cm³/mol. The number of rotatable bonds is 6. The highest BCUT2D eigenvalue weighted by Gasteiger charge is 2.37. The second-order valence-electron chi connectivity index (χ2n) is 7.27. The number of carbonyl (C=O) groups excluding carboxylic acids is 3. The van der Waals surface area contributed by atoms with Crippen LogP contribution in [0.5, 0.6) is 0 Å². The summed E-state index contributed by atoms with van der Waals surface area (Å²) < 4.78 is 0.881. The van der Waals surface area contributed by atoms with E-state index in [-0.39, 0.29) is 5.57 Å². The largest absolute Gasteiger partial charge is 0.372 e. The van der Waals surface area contributed by atoms with Gasteiger partial charge in [-0.15, -0.1) is 21.6 Å². The number of hydrogen-bond donors (Lipinski definition) is 0. The van der Waals surface area contributed by atoms with E-state index in [1.165, 1.54) is 42.8 Å². The third-order valence-corrected chi connectivity index (χ3v) is 7.25. The molecule has 1 saturated heterocycles. The Labute approximate surface area is 198 Å². The third-order valence-electron chi connectivity index (χ3n) is 5.26. The van der Waals surface area contributed by atoms with Crippen LogP contribution in [0.2, 0.25) is 0 Å². The molecule has 33 heavy (non-hydrogen) atoms. The van der Waals surface area contributed by atoms with Crippen molar-refractivity contribution in [2.24, 2.45) is 10.2 Å². The van der Waals surface area contributed by atoms with Crippen LogP contribution in [0.15, 0.2) is 46.1 Å². The number of imide groups is 2. The molecular formula is C22H22N6O3S2. The molecule has 1 aromatic carbocycles. The van der Waals surface area contributed by atoms with Gasteiger partial charge in [-0.2, -0.15) is 0 Å². The molecule has 0 spiro atoms. The Bertz CT molecular complexity index is 1230. The number of amides is 4. The van der Waals surface area contributed by atoms with Crippen molar-refractivity contribution in [3.8, 4) is 0 Å². The van der Waals surface area contributed by atoms with E-state index in [9.17, 15) is 14.4 Å². The molecule has 11 heteroatoms. The van der Waals surface area contributed by atoms with Crippen LogP contribution in [0.1, 0.15) is 18.7 Å². The molecular weight excluding hydrogens is 460 g/mol. The smallest absolute Gasteiger partial charge is 0.333 e. The minimum Gasteiger partial charge on any atom is -0.372 e. The van der Waals surface area contributed by atoms with Gasteiger partial charge in [0.1, 0.15) is 10.4 Å². The molecule has 2 aromatic heterocycles. The van der Waals surface area contributed by atoms with Crippen LogP contribution in [0.3, 0.4) is 0 Å². The first-order chi connectivity index (χ1) is 15.8. The zero-order valence-corrected chi connectivity index (χ0v) is 20.2. The van der Waals surface area contributed by atoms with Gasteiger partial charge in [-0.3, -0.25) is 19.4 Å². The molecule has 1 aliphatic rings. The zero-order chi connectivity index (χ0) is 23.7. The van der Waals surface area contributed by atoms with E-state index in [0.717, 1.165) is 43.8 Å². The van der Waals surface area contributed by atoms with E-state index >= 15 is 0 Å². The molecule has 0 saturated carbocycles. The fourth-order valence-corrected chi connectivity index (χ4v) is 5.38. The van der Waals surface area contributed by atoms with E-state index in [1.807, 2.05) is 30.3 Å². The number of likely N-dealkylation sites (N-methyl/N-ethyl adjacent to an activating group) is 2. The number of barbiturate groups is 1. The standard InChI is InChI=1S/C22H22N6O3S2/c1-5-28(6-2)14-9-7-13(8-10-14)24-25-21-23-18-17(33-21)12-15(32-18)11-16-19(29)26(3)22(31)27(4)20(16)30/h7-12H,5-6H2,1-4H3/b25-24+. The number of nitrogens with zero attached hydrogens (tertiary/aromatic N) is 6. The first-order valence-corrected chi connectivity index (χ1v) is 11.9. The van der Waals surface area contributed by atoms with Gasteiger partial charge in [0, 0.05) is 37.7 Å². The molecule has 9 nitrogen and oxygen atoms in total. The van der Waals surface area contributed by atoms with Gasteiger partial charge in [-0.05, 0) is 50.3 Å². The molecule has 0 atom stereocenters. The van der Waals surface area contributed by atoms with Crippen LogP contribution in [-0.4, -0.2) is 59.8 Å². The van der Waals surface area contributed by atoms with Crippen LogP contribution >= 0.6 is 22.7 Å². The third kappa shape index (κ3) is 4.41. The minimum atomic E-state index is -0.645. The van der Waals surface area contributed by atoms with Crippen molar-refractivity contribution in [1.82, 2.24) is 14.8 Å². The van der Waals surface area contributed by atoms with Crippen LogP contribution < -0.4 is 4.90 Å². The lowest BCUT2D eigenvalue weighted by molar-refractivity contribution is -0.134. The van der Waals surface area contributed by atoms with Crippen molar-refractivity contribution in [3.05, 3.63) is 40.8 Å². The SMILES string of the molecule is CCN(CC)c1ccc(/N=N/c2nc3sc(C=C4C(=O)N(C)C(=O)N(C)C4=O)cc3s2)cc1. The fraction of sp³-hybridized carbons (Fsp3) is 0.273. The number of fused-ring (bicyclic) bond motifs is 1. The minimum absolute atomic E-state index is 0.0541. The lowest BCUT2D eigenvalue weighted by atomic mass is 10.1. The quantitative estimate of drug-likeness (QED) is 0.278. The van der Waals surface area contributed by atoms with Gasteiger partial charge in [0.2, 0.25) is 5.13 Å². The van der Waals surface area contributed by atoms with Crippen molar-refractivity contribution in [2.45, 2.75) is 13.8 Å². The van der Waals surface area contributed by atoms with Crippen molar-refractivity contribution >= 4 is 72.6 Å². The monoisotopic (exact) mass is 482 g/mol. The number of anilines is 1. The molecule has 1 fully saturated rings. The maximum atomic E-state index is 12.4. The summed E-state index contributed by atoms with van der Waals surface area (Å²) in [6.07, 6.45) is 1.50. The van der Waals surface area contributed by atoms with Crippen molar-refractivity contribution < 1.29 is 14.4 Å². The highest BCUT2D eigenvalue weighted by atomic mass is 32.1. The van der Waals surface area contributed by atoms with E-state index in [4.69, 9.17) is 0 Å². The van der Waals surface area contributed by atoms with Crippen LogP contribution in [0.4, 0.5) is 21.3 Å².